The summed E-state index contributed by atoms with van der Waals surface area (Å²) in [6.07, 6.45) is 8.24. The number of unbranched alkanes of at least 4 members (excludes halogenated alkanes) is 6. The summed E-state index contributed by atoms with van der Waals surface area (Å²) in [5.74, 6) is -2.32. The van der Waals surface area contributed by atoms with E-state index in [9.17, 15) is 15.0 Å². The average Bonchev–Trinajstić information content (AvgIpc) is 2.34. The molecule has 0 aromatic heterocycles. The summed E-state index contributed by atoms with van der Waals surface area (Å²) in [4.78, 5) is 10.8. The minimum Gasteiger partial charge on any atom is -0.550 e. The molecule has 0 aliphatic carbocycles. The molecule has 1 rings (SSSR count). The summed E-state index contributed by atoms with van der Waals surface area (Å²) in [7, 11) is 4.00. The van der Waals surface area contributed by atoms with Crippen molar-refractivity contribution in [1.82, 2.24) is 0 Å². The maximum Gasteiger partial charge on any atom is 0.216 e. The molecule has 1 saturated heterocycles. The molecule has 0 saturated carbocycles. The number of nitrogens with zero attached hydrogens (tertiary/aromatic N) is 1. The third-order valence-corrected chi connectivity index (χ3v) is 4.32. The van der Waals surface area contributed by atoms with Crippen molar-refractivity contribution in [3.8, 4) is 0 Å². The second-order valence-corrected chi connectivity index (χ2v) is 7.41. The lowest BCUT2D eigenvalue weighted by Gasteiger charge is -2.46. The van der Waals surface area contributed by atoms with E-state index in [1.54, 1.807) is 0 Å². The fourth-order valence-corrected chi connectivity index (χ4v) is 3.46. The minimum atomic E-state index is -1.20. The molecule has 0 aromatic rings. The Morgan fingerprint density at radius 2 is 1.82 bits per heavy atom. The first-order valence-electron chi connectivity index (χ1n) is 8.68. The van der Waals surface area contributed by atoms with Crippen LogP contribution < -0.4 is 5.11 Å². The van der Waals surface area contributed by atoms with Crippen LogP contribution in [-0.2, 0) is 9.53 Å². The number of carbonyl (C=O) groups excluding carboxylic acids is 1. The first-order valence-corrected chi connectivity index (χ1v) is 8.68. The molecule has 1 N–H and O–H groups in total. The molecule has 0 bridgehead atoms. The molecule has 2 atom stereocenters. The lowest BCUT2D eigenvalue weighted by Crippen LogP contribution is -2.63. The van der Waals surface area contributed by atoms with Gasteiger partial charge in [0.1, 0.15) is 19.2 Å². The van der Waals surface area contributed by atoms with Crippen LogP contribution >= 0.6 is 0 Å². The maximum atomic E-state index is 10.8. The van der Waals surface area contributed by atoms with E-state index in [1.807, 2.05) is 14.1 Å². The van der Waals surface area contributed by atoms with Crippen LogP contribution in [0.3, 0.4) is 0 Å². The fraction of sp³-hybridized carbons (Fsp3) is 0.941. The van der Waals surface area contributed by atoms with Gasteiger partial charge in [-0.05, 0) is 6.42 Å². The molecule has 0 aromatic carbocycles. The van der Waals surface area contributed by atoms with Crippen LogP contribution in [0.4, 0.5) is 0 Å². The molecule has 5 heteroatoms. The van der Waals surface area contributed by atoms with E-state index in [-0.39, 0.29) is 6.42 Å². The van der Waals surface area contributed by atoms with Crippen LogP contribution in [0.25, 0.3) is 0 Å². The molecule has 1 aliphatic heterocycles. The van der Waals surface area contributed by atoms with Gasteiger partial charge in [-0.3, -0.25) is 0 Å². The Morgan fingerprint density at radius 3 is 2.41 bits per heavy atom. The summed E-state index contributed by atoms with van der Waals surface area (Å²) < 4.78 is 6.26. The largest absolute Gasteiger partial charge is 0.550 e. The van der Waals surface area contributed by atoms with Crippen LogP contribution in [0.2, 0.25) is 0 Å². The Hall–Kier alpha value is -0.650. The molecule has 130 valence electrons. The van der Waals surface area contributed by atoms with Gasteiger partial charge in [-0.2, -0.15) is 0 Å². The molecule has 0 radical (unpaired) electrons. The molecule has 1 fully saturated rings. The number of aliphatic hydroxyl groups is 1. The first-order chi connectivity index (χ1) is 10.3. The predicted molar refractivity (Wildman–Crippen MR) is 83.9 cm³/mol. The highest BCUT2D eigenvalue weighted by Crippen LogP contribution is 2.28. The standard InChI is InChI=1S/C17H33NO4/c1-4-5-6-7-8-9-10-11-17(21)14-18(2,3)13-15(22-17)12-16(19)20/h15,21H,4-14H2,1-3H3/t15-,17-/m1/s1. The first kappa shape index (κ1) is 19.4. The number of carboxylic acid groups (broad SMARTS) is 1. The van der Waals surface area contributed by atoms with Gasteiger partial charge in [-0.25, -0.2) is 0 Å². The number of likely N-dealkylation sites (N-methyl/N-ethyl adjacent to an activating group) is 1. The number of morpholine rings is 1. The third-order valence-electron chi connectivity index (χ3n) is 4.32. The van der Waals surface area contributed by atoms with E-state index in [2.05, 4.69) is 6.92 Å². The van der Waals surface area contributed by atoms with Crippen molar-refractivity contribution >= 4 is 5.97 Å². The van der Waals surface area contributed by atoms with E-state index < -0.39 is 17.9 Å². The van der Waals surface area contributed by atoms with Crippen molar-refractivity contribution < 1.29 is 24.2 Å². The number of hydrogen-bond donors (Lipinski definition) is 1. The molecule has 5 nitrogen and oxygen atoms in total. The normalized spacial score (nSPS) is 27.7. The summed E-state index contributed by atoms with van der Waals surface area (Å²) in [6, 6.07) is 0. The highest BCUT2D eigenvalue weighted by atomic mass is 16.6. The van der Waals surface area contributed by atoms with Crippen LogP contribution in [0, 0.1) is 0 Å². The maximum absolute atomic E-state index is 10.8. The zero-order chi connectivity index (χ0) is 16.6. The number of aliphatic carboxylic acids is 1. The van der Waals surface area contributed by atoms with Crippen molar-refractivity contribution in [3.63, 3.8) is 0 Å². The van der Waals surface area contributed by atoms with E-state index in [0.717, 1.165) is 12.8 Å². The monoisotopic (exact) mass is 315 g/mol. The van der Waals surface area contributed by atoms with Gasteiger partial charge in [0, 0.05) is 18.8 Å². The van der Waals surface area contributed by atoms with Crippen molar-refractivity contribution in [3.05, 3.63) is 0 Å². The van der Waals surface area contributed by atoms with Crippen LogP contribution in [-0.4, -0.2) is 54.6 Å². The summed E-state index contributed by atoms with van der Waals surface area (Å²) in [5, 5.41) is 21.5. The van der Waals surface area contributed by atoms with E-state index in [0.29, 0.717) is 24.0 Å². The number of quaternary nitrogens is 1. The molecule has 0 unspecified atom stereocenters. The molecular weight excluding hydrogens is 282 g/mol. The van der Waals surface area contributed by atoms with Gasteiger partial charge in [0.15, 0.2) is 0 Å². The Kier molecular flexibility index (Phi) is 7.80. The van der Waals surface area contributed by atoms with Gasteiger partial charge >= 0.3 is 0 Å². The van der Waals surface area contributed by atoms with Gasteiger partial charge in [0.05, 0.1) is 14.1 Å². The Morgan fingerprint density at radius 1 is 1.23 bits per heavy atom. The van der Waals surface area contributed by atoms with Crippen molar-refractivity contribution in [2.24, 2.45) is 0 Å². The molecule has 1 aliphatic rings. The highest BCUT2D eigenvalue weighted by Gasteiger charge is 2.44. The smallest absolute Gasteiger partial charge is 0.216 e. The van der Waals surface area contributed by atoms with Gasteiger partial charge < -0.3 is 24.2 Å². The van der Waals surface area contributed by atoms with Crippen molar-refractivity contribution in [1.29, 1.82) is 0 Å². The summed E-state index contributed by atoms with van der Waals surface area (Å²) in [6.45, 7) is 3.30. The van der Waals surface area contributed by atoms with Crippen LogP contribution in [0.1, 0.15) is 64.7 Å². The van der Waals surface area contributed by atoms with Gasteiger partial charge in [-0.1, -0.05) is 45.4 Å². The number of hydrogen-bond acceptors (Lipinski definition) is 4. The Balaban J connectivity index is 2.37. The van der Waals surface area contributed by atoms with E-state index in [1.165, 1.54) is 32.1 Å². The minimum absolute atomic E-state index is 0.152. The molecule has 22 heavy (non-hydrogen) atoms. The van der Waals surface area contributed by atoms with Gasteiger partial charge in [-0.15, -0.1) is 0 Å². The predicted octanol–water partition coefficient (Wildman–Crippen LogP) is 1.43. The highest BCUT2D eigenvalue weighted by molar-refractivity contribution is 5.64. The molecule has 0 amide bonds. The molecular formula is C17H33NO4. The zero-order valence-corrected chi connectivity index (χ0v) is 14.5. The van der Waals surface area contributed by atoms with Crippen molar-refractivity contribution in [2.75, 3.05) is 27.2 Å². The number of rotatable bonds is 10. The third kappa shape index (κ3) is 7.56. The lowest BCUT2D eigenvalue weighted by molar-refractivity contribution is -0.915. The number of carbonyl (C=O) groups is 1. The zero-order valence-electron chi connectivity index (χ0n) is 14.5. The van der Waals surface area contributed by atoms with Gasteiger partial charge in [0.25, 0.3) is 0 Å². The summed E-state index contributed by atoms with van der Waals surface area (Å²) in [5.41, 5.74) is 0. The quantitative estimate of drug-likeness (QED) is 0.489. The van der Waals surface area contributed by atoms with E-state index >= 15 is 0 Å². The SMILES string of the molecule is CCCCCCCCC[C@]1(O)C[N+](C)(C)C[C@@H](CC(=O)[O-])O1. The Labute approximate surface area is 134 Å². The van der Waals surface area contributed by atoms with E-state index in [4.69, 9.17) is 4.74 Å². The van der Waals surface area contributed by atoms with Crippen LogP contribution in [0.15, 0.2) is 0 Å². The second-order valence-electron chi connectivity index (χ2n) is 7.41. The number of ether oxygens (including phenoxy) is 1. The molecule has 0 spiro atoms. The fourth-order valence-electron chi connectivity index (χ4n) is 3.46. The topological polar surface area (TPSA) is 69.6 Å². The lowest BCUT2D eigenvalue weighted by atomic mass is 10.0. The summed E-state index contributed by atoms with van der Waals surface area (Å²) >= 11 is 0. The number of carboxylic acids is 1. The second kappa shape index (κ2) is 8.85. The van der Waals surface area contributed by atoms with Gasteiger partial charge in [0.2, 0.25) is 5.79 Å². The average molecular weight is 315 g/mol. The Bertz CT molecular complexity index is 346. The van der Waals surface area contributed by atoms with Crippen LogP contribution in [0.5, 0.6) is 0 Å². The van der Waals surface area contributed by atoms with Crippen molar-refractivity contribution in [2.45, 2.75) is 76.6 Å². The molecule has 1 heterocycles.